The van der Waals surface area contributed by atoms with Crippen LogP contribution in [0, 0.1) is 23.7 Å². The molecule has 4 unspecified atom stereocenters. The van der Waals surface area contributed by atoms with Gasteiger partial charge >= 0.3 is 5.97 Å². The van der Waals surface area contributed by atoms with Gasteiger partial charge in [0, 0.05) is 6.04 Å². The molecule has 100 valence electrons. The molecule has 0 heterocycles. The molecule has 1 amide bonds. The minimum atomic E-state index is -0.837. The molecule has 4 nitrogen and oxygen atoms in total. The average molecular weight is 251 g/mol. The first kappa shape index (κ1) is 13.1. The van der Waals surface area contributed by atoms with E-state index in [1.54, 1.807) is 0 Å². The highest BCUT2D eigenvalue weighted by molar-refractivity contribution is 5.87. The number of carbonyl (C=O) groups is 2. The van der Waals surface area contributed by atoms with E-state index in [4.69, 9.17) is 0 Å². The first-order chi connectivity index (χ1) is 8.58. The Bertz CT molecular complexity index is 373. The Morgan fingerprint density at radius 3 is 2.28 bits per heavy atom. The van der Waals surface area contributed by atoms with Gasteiger partial charge in [0.1, 0.15) is 0 Å². The monoisotopic (exact) mass is 251 g/mol. The van der Waals surface area contributed by atoms with Gasteiger partial charge in [0.05, 0.1) is 11.8 Å². The third kappa shape index (κ3) is 2.16. The largest absolute Gasteiger partial charge is 0.481 e. The number of rotatable bonds is 5. The first-order valence-corrected chi connectivity index (χ1v) is 6.80. The summed E-state index contributed by atoms with van der Waals surface area (Å²) in [5, 5.41) is 12.3. The topological polar surface area (TPSA) is 66.4 Å². The molecule has 1 fully saturated rings. The van der Waals surface area contributed by atoms with Crippen molar-refractivity contribution < 1.29 is 14.7 Å². The van der Waals surface area contributed by atoms with Gasteiger partial charge in [-0.25, -0.2) is 0 Å². The Balaban J connectivity index is 2.09. The van der Waals surface area contributed by atoms with Gasteiger partial charge in [0.2, 0.25) is 5.91 Å². The highest BCUT2D eigenvalue weighted by atomic mass is 16.4. The summed E-state index contributed by atoms with van der Waals surface area (Å²) in [6.45, 7) is 4.06. The third-order valence-electron chi connectivity index (χ3n) is 4.38. The third-order valence-corrected chi connectivity index (χ3v) is 4.38. The van der Waals surface area contributed by atoms with Crippen molar-refractivity contribution in [2.24, 2.45) is 23.7 Å². The van der Waals surface area contributed by atoms with Crippen LogP contribution in [0.15, 0.2) is 12.2 Å². The van der Waals surface area contributed by atoms with E-state index < -0.39 is 11.9 Å². The van der Waals surface area contributed by atoms with E-state index in [0.717, 1.165) is 19.3 Å². The lowest BCUT2D eigenvalue weighted by Crippen LogP contribution is -2.44. The fourth-order valence-electron chi connectivity index (χ4n) is 3.31. The van der Waals surface area contributed by atoms with E-state index in [-0.39, 0.29) is 29.7 Å². The summed E-state index contributed by atoms with van der Waals surface area (Å²) in [7, 11) is 0. The van der Waals surface area contributed by atoms with Gasteiger partial charge in [0.15, 0.2) is 0 Å². The molecule has 2 rings (SSSR count). The van der Waals surface area contributed by atoms with Crippen molar-refractivity contribution in [3.05, 3.63) is 12.2 Å². The van der Waals surface area contributed by atoms with E-state index in [1.165, 1.54) is 0 Å². The quantitative estimate of drug-likeness (QED) is 0.732. The lowest BCUT2D eigenvalue weighted by molar-refractivity contribution is -0.148. The van der Waals surface area contributed by atoms with Gasteiger partial charge in [-0.2, -0.15) is 0 Å². The number of fused-ring (bicyclic) bond motifs is 2. The Morgan fingerprint density at radius 2 is 1.78 bits per heavy atom. The second kappa shape index (κ2) is 5.12. The van der Waals surface area contributed by atoms with Gasteiger partial charge in [-0.05, 0) is 31.1 Å². The van der Waals surface area contributed by atoms with Crippen molar-refractivity contribution in [3.63, 3.8) is 0 Å². The van der Waals surface area contributed by atoms with E-state index in [2.05, 4.69) is 5.32 Å². The van der Waals surface area contributed by atoms with Gasteiger partial charge in [0.25, 0.3) is 0 Å². The molecule has 0 radical (unpaired) electrons. The molecule has 0 aromatic carbocycles. The second-order valence-corrected chi connectivity index (χ2v) is 5.36. The molecule has 1 saturated carbocycles. The maximum atomic E-state index is 12.3. The Kier molecular flexibility index (Phi) is 3.73. The summed E-state index contributed by atoms with van der Waals surface area (Å²) in [6, 6.07) is 0.162. The molecule has 0 saturated heterocycles. The molecule has 2 N–H and O–H groups in total. The number of carboxylic acid groups (broad SMARTS) is 1. The van der Waals surface area contributed by atoms with Crippen LogP contribution in [0.3, 0.4) is 0 Å². The molecule has 18 heavy (non-hydrogen) atoms. The molecule has 0 spiro atoms. The Hall–Kier alpha value is -1.32. The standard InChI is InChI=1S/C14H21NO3/c1-3-10(4-2)15-13(16)11-8-5-6-9(7-8)12(11)14(17)18/h5-6,8-12H,3-4,7H2,1-2H3,(H,15,16)(H,17,18). The molecule has 0 aromatic rings. The molecule has 0 aliphatic heterocycles. The Labute approximate surface area is 107 Å². The smallest absolute Gasteiger partial charge is 0.307 e. The second-order valence-electron chi connectivity index (χ2n) is 5.36. The molecule has 0 aromatic heterocycles. The zero-order chi connectivity index (χ0) is 13.3. The van der Waals surface area contributed by atoms with E-state index in [1.807, 2.05) is 26.0 Å². The van der Waals surface area contributed by atoms with Crippen LogP contribution < -0.4 is 5.32 Å². The van der Waals surface area contributed by atoms with Crippen molar-refractivity contribution >= 4 is 11.9 Å². The van der Waals surface area contributed by atoms with Crippen LogP contribution >= 0.6 is 0 Å². The normalized spacial score (nSPS) is 33.1. The van der Waals surface area contributed by atoms with Gasteiger partial charge < -0.3 is 10.4 Å². The molecule has 2 aliphatic rings. The summed E-state index contributed by atoms with van der Waals surface area (Å²) in [5.41, 5.74) is 0. The van der Waals surface area contributed by atoms with E-state index >= 15 is 0 Å². The molecule has 2 aliphatic carbocycles. The molecular formula is C14H21NO3. The number of carboxylic acids is 1. The molecule has 2 bridgehead atoms. The van der Waals surface area contributed by atoms with Gasteiger partial charge in [-0.15, -0.1) is 0 Å². The summed E-state index contributed by atoms with van der Waals surface area (Å²) >= 11 is 0. The summed E-state index contributed by atoms with van der Waals surface area (Å²) in [4.78, 5) is 23.6. The maximum absolute atomic E-state index is 12.3. The number of hydrogen-bond acceptors (Lipinski definition) is 2. The van der Waals surface area contributed by atoms with Crippen molar-refractivity contribution in [3.8, 4) is 0 Å². The number of nitrogens with one attached hydrogen (secondary N) is 1. The van der Waals surface area contributed by atoms with Gasteiger partial charge in [-0.3, -0.25) is 9.59 Å². The highest BCUT2D eigenvalue weighted by Crippen LogP contribution is 2.48. The lowest BCUT2D eigenvalue weighted by atomic mass is 9.82. The predicted octanol–water partition coefficient (Wildman–Crippen LogP) is 1.81. The SMILES string of the molecule is CCC(CC)NC(=O)C1C2C=CC(C2)C1C(=O)O. The fourth-order valence-corrected chi connectivity index (χ4v) is 3.31. The first-order valence-electron chi connectivity index (χ1n) is 6.80. The lowest BCUT2D eigenvalue weighted by Gasteiger charge is -2.26. The number of hydrogen-bond donors (Lipinski definition) is 2. The number of allylic oxidation sites excluding steroid dienone is 2. The van der Waals surface area contributed by atoms with Crippen LogP contribution in [0.25, 0.3) is 0 Å². The van der Waals surface area contributed by atoms with Crippen LogP contribution in [-0.2, 0) is 9.59 Å². The summed E-state index contributed by atoms with van der Waals surface area (Å²) < 4.78 is 0. The average Bonchev–Trinajstić information content (AvgIpc) is 2.95. The summed E-state index contributed by atoms with van der Waals surface area (Å²) in [6.07, 6.45) is 6.57. The predicted molar refractivity (Wildman–Crippen MR) is 67.9 cm³/mol. The molecule has 4 atom stereocenters. The summed E-state index contributed by atoms with van der Waals surface area (Å²) in [5.74, 6) is -1.66. The van der Waals surface area contributed by atoms with Crippen LogP contribution in [-0.4, -0.2) is 23.0 Å². The fraction of sp³-hybridized carbons (Fsp3) is 0.714. The van der Waals surface area contributed by atoms with E-state index in [0.29, 0.717) is 0 Å². The molecule has 4 heteroatoms. The van der Waals surface area contributed by atoms with Crippen LogP contribution in [0.4, 0.5) is 0 Å². The van der Waals surface area contributed by atoms with E-state index in [9.17, 15) is 14.7 Å². The molecular weight excluding hydrogens is 230 g/mol. The minimum Gasteiger partial charge on any atom is -0.481 e. The van der Waals surface area contributed by atoms with Crippen molar-refractivity contribution in [1.82, 2.24) is 5.32 Å². The van der Waals surface area contributed by atoms with Crippen LogP contribution in [0.2, 0.25) is 0 Å². The van der Waals surface area contributed by atoms with Crippen molar-refractivity contribution in [1.29, 1.82) is 0 Å². The number of carbonyl (C=O) groups excluding carboxylic acids is 1. The maximum Gasteiger partial charge on any atom is 0.307 e. The zero-order valence-electron chi connectivity index (χ0n) is 10.9. The number of amides is 1. The van der Waals surface area contributed by atoms with Gasteiger partial charge in [-0.1, -0.05) is 26.0 Å². The van der Waals surface area contributed by atoms with Crippen LogP contribution in [0.1, 0.15) is 33.1 Å². The van der Waals surface area contributed by atoms with Crippen molar-refractivity contribution in [2.75, 3.05) is 0 Å². The van der Waals surface area contributed by atoms with Crippen LogP contribution in [0.5, 0.6) is 0 Å². The minimum absolute atomic E-state index is 0.0463. The number of aliphatic carboxylic acids is 1. The zero-order valence-corrected chi connectivity index (χ0v) is 10.9. The highest BCUT2D eigenvalue weighted by Gasteiger charge is 2.51. The van der Waals surface area contributed by atoms with Crippen molar-refractivity contribution in [2.45, 2.75) is 39.2 Å². The Morgan fingerprint density at radius 1 is 1.22 bits per heavy atom.